The third-order valence-electron chi connectivity index (χ3n) is 13.9. The van der Waals surface area contributed by atoms with E-state index in [9.17, 15) is 0 Å². The maximum Gasteiger partial charge on any atom is 0.241 e. The van der Waals surface area contributed by atoms with Gasteiger partial charge in [-0.25, -0.2) is 0 Å². The molecular weight excluding hydrogens is 1090 g/mol. The van der Waals surface area contributed by atoms with Crippen LogP contribution in [-0.4, -0.2) is 19.1 Å². The Labute approximate surface area is 454 Å². The molecule has 8 aromatic carbocycles. The average Bonchev–Trinajstić information content (AvgIpc) is 4.18. The molecule has 7 heteroatoms. The van der Waals surface area contributed by atoms with Crippen molar-refractivity contribution in [2.75, 3.05) is 0 Å². The molecule has 0 aliphatic heterocycles. The van der Waals surface area contributed by atoms with E-state index in [4.69, 9.17) is 9.40 Å². The summed E-state index contributed by atoms with van der Waals surface area (Å²) in [6, 6.07) is 73.8. The zero-order valence-corrected chi connectivity index (χ0v) is 45.4. The van der Waals surface area contributed by atoms with E-state index in [2.05, 4.69) is 201 Å². The fraction of sp³-hybridized carbons (Fsp3) is 0.162. The van der Waals surface area contributed by atoms with Crippen LogP contribution in [0.25, 0.3) is 78.1 Å². The number of imidazole rings is 2. The van der Waals surface area contributed by atoms with Gasteiger partial charge in [0.15, 0.2) is 0 Å². The van der Waals surface area contributed by atoms with Crippen molar-refractivity contribution < 1.29 is 29.1 Å². The van der Waals surface area contributed by atoms with Gasteiger partial charge in [-0.2, -0.15) is 29.8 Å². The number of benzene rings is 8. The SMILES string of the molecule is CC(C)c1cc(-c2ccccc2)cc(C(C)C)c1-n1c(-c2[c-]ccc3c2oc2ccccc23)nc2ccccc21.C[n+]1[c-]n(-c2[c-]cc(CCc3cccc(CCc4ccc(-c5[c-]cccc5)nc4)c3)cc2)cc1.[Ir]. The Hall–Kier alpha value is -7.96. The van der Waals surface area contributed by atoms with Crippen molar-refractivity contribution >= 4 is 33.0 Å². The van der Waals surface area contributed by atoms with Crippen LogP contribution in [0.5, 0.6) is 0 Å². The van der Waals surface area contributed by atoms with Gasteiger partial charge in [0, 0.05) is 49.8 Å². The number of furan rings is 1. The molecule has 0 amide bonds. The van der Waals surface area contributed by atoms with Gasteiger partial charge in [-0.1, -0.05) is 148 Å². The first-order valence-corrected chi connectivity index (χ1v) is 25.7. The van der Waals surface area contributed by atoms with Gasteiger partial charge in [0.2, 0.25) is 6.33 Å². The number of para-hydroxylation sites is 3. The van der Waals surface area contributed by atoms with Crippen LogP contribution >= 0.6 is 0 Å². The average molecular weight is 1150 g/mol. The van der Waals surface area contributed by atoms with Crippen LogP contribution in [-0.2, 0) is 52.8 Å². The summed E-state index contributed by atoms with van der Waals surface area (Å²) in [4.78, 5) is 9.86. The molecule has 0 aliphatic carbocycles. The van der Waals surface area contributed by atoms with E-state index in [1.165, 1.54) is 50.2 Å². The van der Waals surface area contributed by atoms with E-state index in [-0.39, 0.29) is 20.1 Å². The standard InChI is InChI=1S/C37H31N2O.C31H27N3.Ir/c1-23(2)30-21-26(25-13-6-5-7-14-25)22-31(24(3)4)35(30)39-33-19-10-9-18-32(33)38-37(39)29-17-12-16-28-27-15-8-11-20-34(27)40-36(28)29;1-33-20-21-34(24-33)30-17-14-25(15-18-30)10-11-26-6-5-7-27(22-26)12-13-28-16-19-31(32-23-28)29-8-3-2-4-9-29;/h5-16,18-24H,1-4H3;2-8,14-17,19-23H,10-13H2,1H3;/q-1;-2;. The number of aromatic nitrogens is 5. The molecule has 6 nitrogen and oxygen atoms in total. The van der Waals surface area contributed by atoms with Gasteiger partial charge in [0.1, 0.15) is 5.58 Å². The second-order valence-electron chi connectivity index (χ2n) is 19.7. The number of aryl methyl sites for hydroxylation is 5. The maximum atomic E-state index is 6.47. The largest absolute Gasteiger partial charge is 0.501 e. The molecule has 0 saturated carbocycles. The molecule has 4 heterocycles. The first-order valence-electron chi connectivity index (χ1n) is 25.7. The van der Waals surface area contributed by atoms with Gasteiger partial charge in [-0.15, -0.1) is 54.1 Å². The van der Waals surface area contributed by atoms with Crippen LogP contribution in [0.2, 0.25) is 0 Å². The van der Waals surface area contributed by atoms with Crippen molar-refractivity contribution in [3.63, 3.8) is 0 Å². The molecule has 75 heavy (non-hydrogen) atoms. The molecule has 0 saturated heterocycles. The van der Waals surface area contributed by atoms with Crippen LogP contribution in [0.3, 0.4) is 0 Å². The molecule has 12 aromatic rings. The van der Waals surface area contributed by atoms with Crippen molar-refractivity contribution in [3.8, 4) is 45.1 Å². The summed E-state index contributed by atoms with van der Waals surface area (Å²) >= 11 is 0. The normalized spacial score (nSPS) is 11.3. The Kier molecular flexibility index (Phi) is 15.3. The summed E-state index contributed by atoms with van der Waals surface area (Å²) in [5.41, 5.74) is 19.2. The van der Waals surface area contributed by atoms with Crippen molar-refractivity contribution in [3.05, 3.63) is 258 Å². The number of fused-ring (bicyclic) bond motifs is 4. The van der Waals surface area contributed by atoms with Crippen LogP contribution in [0.1, 0.15) is 72.9 Å². The van der Waals surface area contributed by atoms with E-state index in [1.54, 1.807) is 0 Å². The Morgan fingerprint density at radius 3 is 2.00 bits per heavy atom. The van der Waals surface area contributed by atoms with Crippen molar-refractivity contribution in [2.45, 2.75) is 65.2 Å². The molecule has 4 aromatic heterocycles. The van der Waals surface area contributed by atoms with Crippen LogP contribution in [0.15, 0.2) is 205 Å². The van der Waals surface area contributed by atoms with Gasteiger partial charge < -0.3 is 23.1 Å². The number of nitrogens with zero attached hydrogens (tertiary/aromatic N) is 5. The molecule has 0 N–H and O–H groups in total. The summed E-state index contributed by atoms with van der Waals surface area (Å²) < 4.78 is 12.7. The Bertz CT molecular complexity index is 3820. The molecule has 12 rings (SSSR count). The minimum Gasteiger partial charge on any atom is -0.501 e. The summed E-state index contributed by atoms with van der Waals surface area (Å²) in [5.74, 6) is 1.45. The van der Waals surface area contributed by atoms with Gasteiger partial charge in [0.05, 0.1) is 29.5 Å². The van der Waals surface area contributed by atoms with Crippen LogP contribution in [0, 0.1) is 24.5 Å². The zero-order valence-electron chi connectivity index (χ0n) is 43.0. The molecule has 1 radical (unpaired) electrons. The van der Waals surface area contributed by atoms with Crippen molar-refractivity contribution in [2.24, 2.45) is 7.05 Å². The number of hydrogen-bond acceptors (Lipinski definition) is 3. The fourth-order valence-electron chi connectivity index (χ4n) is 9.99. The first kappa shape index (κ1) is 50.6. The van der Waals surface area contributed by atoms with E-state index in [0.717, 1.165) is 87.0 Å². The fourth-order valence-corrected chi connectivity index (χ4v) is 9.99. The molecule has 373 valence electrons. The van der Waals surface area contributed by atoms with Crippen LogP contribution < -0.4 is 4.57 Å². The Balaban J connectivity index is 0.000000171. The summed E-state index contributed by atoms with van der Waals surface area (Å²) in [6.45, 7) is 9.12. The van der Waals surface area contributed by atoms with Gasteiger partial charge >= 0.3 is 0 Å². The molecule has 0 fully saturated rings. The van der Waals surface area contributed by atoms with Gasteiger partial charge in [-0.3, -0.25) is 4.98 Å². The zero-order chi connectivity index (χ0) is 50.5. The van der Waals surface area contributed by atoms with E-state index in [0.29, 0.717) is 11.8 Å². The summed E-state index contributed by atoms with van der Waals surface area (Å²) in [6.07, 6.45) is 13.2. The Morgan fingerprint density at radius 1 is 0.600 bits per heavy atom. The summed E-state index contributed by atoms with van der Waals surface area (Å²) in [5, 5.41) is 2.18. The molecule has 0 unspecified atom stereocenters. The molecule has 0 aliphatic rings. The summed E-state index contributed by atoms with van der Waals surface area (Å²) in [7, 11) is 1.97. The van der Waals surface area contributed by atoms with E-state index < -0.39 is 0 Å². The van der Waals surface area contributed by atoms with Gasteiger partial charge in [-0.05, 0) is 106 Å². The Morgan fingerprint density at radius 2 is 1.31 bits per heavy atom. The minimum absolute atomic E-state index is 0. The number of rotatable bonds is 13. The predicted octanol–water partition coefficient (Wildman–Crippen LogP) is 15.6. The smallest absolute Gasteiger partial charge is 0.241 e. The van der Waals surface area contributed by atoms with E-state index >= 15 is 0 Å². The third kappa shape index (κ3) is 11.0. The van der Waals surface area contributed by atoms with E-state index in [1.807, 2.05) is 77.2 Å². The quantitative estimate of drug-likeness (QED) is 0.0854. The van der Waals surface area contributed by atoms with Crippen molar-refractivity contribution in [1.82, 2.24) is 19.1 Å². The second-order valence-corrected chi connectivity index (χ2v) is 19.7. The van der Waals surface area contributed by atoms with Crippen molar-refractivity contribution in [1.29, 1.82) is 0 Å². The third-order valence-corrected chi connectivity index (χ3v) is 13.9. The topological polar surface area (TPSA) is 52.7 Å². The molecule has 0 bridgehead atoms. The maximum absolute atomic E-state index is 6.47. The molecular formula is C68H58IrN5O-3. The number of pyridine rings is 1. The predicted molar refractivity (Wildman–Crippen MR) is 301 cm³/mol. The second kappa shape index (κ2) is 22.7. The monoisotopic (exact) mass is 1150 g/mol. The minimum atomic E-state index is 0. The van der Waals surface area contributed by atoms with Gasteiger partial charge in [0.25, 0.3) is 0 Å². The molecule has 0 atom stereocenters. The first-order chi connectivity index (χ1) is 36.2. The molecule has 0 spiro atoms. The number of hydrogen-bond donors (Lipinski definition) is 0. The van der Waals surface area contributed by atoms with Crippen LogP contribution in [0.4, 0.5) is 0 Å².